The SMILES string of the molecule is CCCn1ncc(C(=O)N(C/C=C/c2ccccc2)CC2CCCO2)c1C. The highest BCUT2D eigenvalue weighted by molar-refractivity contribution is 5.95. The first-order valence-electron chi connectivity index (χ1n) is 9.84. The van der Waals surface area contributed by atoms with Gasteiger partial charge in [-0.2, -0.15) is 5.10 Å². The maximum absolute atomic E-state index is 13.2. The molecule has 1 amide bonds. The number of nitrogens with zero attached hydrogens (tertiary/aromatic N) is 3. The summed E-state index contributed by atoms with van der Waals surface area (Å²) in [6, 6.07) is 10.1. The Morgan fingerprint density at radius 3 is 2.89 bits per heavy atom. The van der Waals surface area contributed by atoms with E-state index < -0.39 is 0 Å². The quantitative estimate of drug-likeness (QED) is 0.710. The molecule has 0 radical (unpaired) electrons. The van der Waals surface area contributed by atoms with Gasteiger partial charge in [-0.25, -0.2) is 0 Å². The largest absolute Gasteiger partial charge is 0.376 e. The molecule has 1 fully saturated rings. The second-order valence-corrected chi connectivity index (χ2v) is 7.03. The fraction of sp³-hybridized carbons (Fsp3) is 0.455. The van der Waals surface area contributed by atoms with E-state index in [1.807, 2.05) is 40.8 Å². The van der Waals surface area contributed by atoms with Gasteiger partial charge in [0.15, 0.2) is 0 Å². The molecule has 5 heteroatoms. The van der Waals surface area contributed by atoms with Crippen molar-refractivity contribution >= 4 is 12.0 Å². The normalized spacial score (nSPS) is 16.9. The van der Waals surface area contributed by atoms with Gasteiger partial charge in [0.2, 0.25) is 0 Å². The van der Waals surface area contributed by atoms with E-state index >= 15 is 0 Å². The minimum Gasteiger partial charge on any atom is -0.376 e. The van der Waals surface area contributed by atoms with Gasteiger partial charge in [-0.1, -0.05) is 49.4 Å². The Kier molecular flexibility index (Phi) is 6.82. The predicted octanol–water partition coefficient (Wildman–Crippen LogP) is 3.94. The van der Waals surface area contributed by atoms with E-state index in [2.05, 4.69) is 30.2 Å². The van der Waals surface area contributed by atoms with E-state index in [0.717, 1.165) is 43.7 Å². The van der Waals surface area contributed by atoms with E-state index in [4.69, 9.17) is 4.74 Å². The van der Waals surface area contributed by atoms with Crippen molar-refractivity contribution in [3.05, 3.63) is 59.4 Å². The highest BCUT2D eigenvalue weighted by Gasteiger charge is 2.25. The molecule has 1 aliphatic heterocycles. The standard InChI is InChI=1S/C22H29N3O2/c1-3-13-25-18(2)21(16-23-25)22(26)24(17-20-12-8-15-27-20)14-7-11-19-9-5-4-6-10-19/h4-7,9-11,16,20H,3,8,12-15,17H2,1-2H3/b11-7+. The molecule has 0 saturated carbocycles. The van der Waals surface area contributed by atoms with Crippen molar-refractivity contribution in [3.8, 4) is 0 Å². The van der Waals surface area contributed by atoms with E-state index in [1.165, 1.54) is 0 Å². The second kappa shape index (κ2) is 9.51. The van der Waals surface area contributed by atoms with Crippen molar-refractivity contribution in [2.24, 2.45) is 0 Å². The van der Waals surface area contributed by atoms with E-state index in [1.54, 1.807) is 6.20 Å². The van der Waals surface area contributed by atoms with Crippen molar-refractivity contribution < 1.29 is 9.53 Å². The van der Waals surface area contributed by atoms with Gasteiger partial charge < -0.3 is 9.64 Å². The topological polar surface area (TPSA) is 47.4 Å². The number of hydrogen-bond acceptors (Lipinski definition) is 3. The van der Waals surface area contributed by atoms with Crippen LogP contribution in [0.4, 0.5) is 0 Å². The van der Waals surface area contributed by atoms with Crippen LogP contribution in [0.3, 0.4) is 0 Å². The van der Waals surface area contributed by atoms with Gasteiger partial charge in [0.1, 0.15) is 0 Å². The van der Waals surface area contributed by atoms with Crippen molar-refractivity contribution in [1.29, 1.82) is 0 Å². The van der Waals surface area contributed by atoms with Crippen LogP contribution in [0.25, 0.3) is 6.08 Å². The summed E-state index contributed by atoms with van der Waals surface area (Å²) in [4.78, 5) is 15.1. The molecule has 0 spiro atoms. The van der Waals surface area contributed by atoms with Gasteiger partial charge in [0.05, 0.1) is 17.9 Å². The number of carbonyl (C=O) groups is 1. The van der Waals surface area contributed by atoms with Crippen LogP contribution in [0.1, 0.15) is 47.8 Å². The third kappa shape index (κ3) is 5.07. The number of amides is 1. The summed E-state index contributed by atoms with van der Waals surface area (Å²) >= 11 is 0. The van der Waals surface area contributed by atoms with Gasteiger partial charge in [-0.05, 0) is 31.7 Å². The zero-order chi connectivity index (χ0) is 19.1. The Bertz CT molecular complexity index is 761. The first kappa shape index (κ1) is 19.4. The molecule has 0 bridgehead atoms. The number of ether oxygens (including phenoxy) is 1. The number of aryl methyl sites for hydroxylation is 1. The third-order valence-corrected chi connectivity index (χ3v) is 4.94. The fourth-order valence-electron chi connectivity index (χ4n) is 3.42. The Balaban J connectivity index is 1.74. The molecular formula is C22H29N3O2. The molecule has 27 heavy (non-hydrogen) atoms. The summed E-state index contributed by atoms with van der Waals surface area (Å²) in [6.45, 7) is 6.89. The molecular weight excluding hydrogens is 338 g/mol. The lowest BCUT2D eigenvalue weighted by atomic mass is 10.1. The number of carbonyl (C=O) groups excluding carboxylic acids is 1. The highest BCUT2D eigenvalue weighted by Crippen LogP contribution is 2.17. The van der Waals surface area contributed by atoms with Crippen LogP contribution in [-0.4, -0.2) is 46.4 Å². The molecule has 2 aromatic rings. The Labute approximate surface area is 161 Å². The number of hydrogen-bond donors (Lipinski definition) is 0. The monoisotopic (exact) mass is 367 g/mol. The second-order valence-electron chi connectivity index (χ2n) is 7.03. The van der Waals surface area contributed by atoms with Gasteiger partial charge in [-0.15, -0.1) is 0 Å². The summed E-state index contributed by atoms with van der Waals surface area (Å²) in [5.41, 5.74) is 2.76. The zero-order valence-electron chi connectivity index (χ0n) is 16.3. The summed E-state index contributed by atoms with van der Waals surface area (Å²) in [7, 11) is 0. The van der Waals surface area contributed by atoms with Crippen LogP contribution < -0.4 is 0 Å². The smallest absolute Gasteiger partial charge is 0.257 e. The zero-order valence-corrected chi connectivity index (χ0v) is 16.3. The molecule has 5 nitrogen and oxygen atoms in total. The molecule has 1 aromatic heterocycles. The van der Waals surface area contributed by atoms with Crippen molar-refractivity contribution in [3.63, 3.8) is 0 Å². The van der Waals surface area contributed by atoms with Crippen molar-refractivity contribution in [2.75, 3.05) is 19.7 Å². The van der Waals surface area contributed by atoms with Crippen LogP contribution >= 0.6 is 0 Å². The minimum absolute atomic E-state index is 0.0306. The molecule has 2 heterocycles. The maximum atomic E-state index is 13.2. The molecule has 0 N–H and O–H groups in total. The van der Waals surface area contributed by atoms with Gasteiger partial charge >= 0.3 is 0 Å². The molecule has 1 unspecified atom stereocenters. The summed E-state index contributed by atoms with van der Waals surface area (Å²) < 4.78 is 7.68. The van der Waals surface area contributed by atoms with Crippen LogP contribution in [0, 0.1) is 6.92 Å². The maximum Gasteiger partial charge on any atom is 0.257 e. The first-order valence-corrected chi connectivity index (χ1v) is 9.84. The lowest BCUT2D eigenvalue weighted by Crippen LogP contribution is -2.37. The summed E-state index contributed by atoms with van der Waals surface area (Å²) in [5, 5.41) is 4.39. The number of rotatable bonds is 8. The highest BCUT2D eigenvalue weighted by atomic mass is 16.5. The van der Waals surface area contributed by atoms with Gasteiger partial charge in [-0.3, -0.25) is 9.48 Å². The van der Waals surface area contributed by atoms with Crippen molar-refractivity contribution in [1.82, 2.24) is 14.7 Å². The average molecular weight is 367 g/mol. The van der Waals surface area contributed by atoms with E-state index in [0.29, 0.717) is 18.7 Å². The first-order chi connectivity index (χ1) is 13.2. The lowest BCUT2D eigenvalue weighted by molar-refractivity contribution is 0.0553. The molecule has 1 aliphatic rings. The third-order valence-electron chi connectivity index (χ3n) is 4.94. The summed E-state index contributed by atoms with van der Waals surface area (Å²) in [6.07, 6.45) is 9.02. The average Bonchev–Trinajstić information content (AvgIpc) is 3.32. The molecule has 1 aromatic carbocycles. The van der Waals surface area contributed by atoms with Gasteiger partial charge in [0, 0.05) is 31.9 Å². The molecule has 0 aliphatic carbocycles. The Hall–Kier alpha value is -2.40. The fourth-order valence-corrected chi connectivity index (χ4v) is 3.42. The molecule has 144 valence electrons. The number of aromatic nitrogens is 2. The Morgan fingerprint density at radius 2 is 2.19 bits per heavy atom. The van der Waals surface area contributed by atoms with Crippen LogP contribution in [0.15, 0.2) is 42.6 Å². The van der Waals surface area contributed by atoms with Gasteiger partial charge in [0.25, 0.3) is 5.91 Å². The van der Waals surface area contributed by atoms with Crippen LogP contribution in [0.5, 0.6) is 0 Å². The number of benzene rings is 1. The van der Waals surface area contributed by atoms with Crippen LogP contribution in [-0.2, 0) is 11.3 Å². The van der Waals surface area contributed by atoms with E-state index in [-0.39, 0.29) is 12.0 Å². The van der Waals surface area contributed by atoms with E-state index in [9.17, 15) is 4.79 Å². The lowest BCUT2D eigenvalue weighted by Gasteiger charge is -2.24. The summed E-state index contributed by atoms with van der Waals surface area (Å²) in [5.74, 6) is 0.0306. The molecule has 1 saturated heterocycles. The Morgan fingerprint density at radius 1 is 1.37 bits per heavy atom. The predicted molar refractivity (Wildman–Crippen MR) is 108 cm³/mol. The van der Waals surface area contributed by atoms with Crippen molar-refractivity contribution in [2.45, 2.75) is 45.8 Å². The molecule has 1 atom stereocenters. The molecule has 3 rings (SSSR count). The minimum atomic E-state index is 0.0306. The van der Waals surface area contributed by atoms with Crippen LogP contribution in [0.2, 0.25) is 0 Å².